The van der Waals surface area contributed by atoms with E-state index in [1.54, 1.807) is 0 Å². The van der Waals surface area contributed by atoms with Gasteiger partial charge in [0.15, 0.2) is 0 Å². The fourth-order valence-electron chi connectivity index (χ4n) is 1.88. The average molecular weight is 179 g/mol. The zero-order chi connectivity index (χ0) is 9.10. The summed E-state index contributed by atoms with van der Waals surface area (Å²) in [5.41, 5.74) is 0.999. The molecule has 0 N–H and O–H groups in total. The zero-order valence-electron chi connectivity index (χ0n) is 8.25. The summed E-state index contributed by atoms with van der Waals surface area (Å²) in [6.07, 6.45) is 8.06. The maximum atomic E-state index is 5.15. The van der Waals surface area contributed by atoms with Gasteiger partial charge in [-0.1, -0.05) is 30.8 Å². The van der Waals surface area contributed by atoms with Crippen LogP contribution < -0.4 is 0 Å². The van der Waals surface area contributed by atoms with Crippen molar-refractivity contribution >= 4 is 0 Å². The van der Waals surface area contributed by atoms with Crippen LogP contribution >= 0.6 is 0 Å². The van der Waals surface area contributed by atoms with Crippen LogP contribution in [-0.2, 0) is 6.42 Å². The van der Waals surface area contributed by atoms with Crippen LogP contribution in [0.3, 0.4) is 0 Å². The molecule has 1 saturated carbocycles. The normalized spacial score (nSPS) is 17.3. The van der Waals surface area contributed by atoms with E-state index in [4.69, 9.17) is 4.52 Å². The first-order chi connectivity index (χ1) is 6.34. The van der Waals surface area contributed by atoms with Gasteiger partial charge in [-0.05, 0) is 19.3 Å². The summed E-state index contributed by atoms with van der Waals surface area (Å²) in [6.45, 7) is 1.97. The lowest BCUT2D eigenvalue weighted by molar-refractivity contribution is 0.284. The van der Waals surface area contributed by atoms with Gasteiger partial charge in [0, 0.05) is 12.5 Å². The first kappa shape index (κ1) is 8.79. The van der Waals surface area contributed by atoms with Crippen molar-refractivity contribution in [1.29, 1.82) is 0 Å². The predicted octanol–water partition coefficient (Wildman–Crippen LogP) is 3.11. The van der Waals surface area contributed by atoms with Crippen LogP contribution in [0.5, 0.6) is 0 Å². The van der Waals surface area contributed by atoms with Crippen LogP contribution in [-0.4, -0.2) is 5.16 Å². The quantitative estimate of drug-likeness (QED) is 0.709. The van der Waals surface area contributed by atoms with Crippen molar-refractivity contribution in [1.82, 2.24) is 5.16 Å². The molecule has 0 atom stereocenters. The molecule has 0 bridgehead atoms. The van der Waals surface area contributed by atoms with Gasteiger partial charge in [0.05, 0.1) is 5.69 Å². The molecule has 0 unspecified atom stereocenters. The maximum Gasteiger partial charge on any atom is 0.136 e. The first-order valence-electron chi connectivity index (χ1n) is 5.27. The molecule has 13 heavy (non-hydrogen) atoms. The zero-order valence-corrected chi connectivity index (χ0v) is 8.25. The fourth-order valence-corrected chi connectivity index (χ4v) is 1.88. The van der Waals surface area contributed by atoms with E-state index in [-0.39, 0.29) is 0 Å². The summed E-state index contributed by atoms with van der Waals surface area (Å²) in [4.78, 5) is 0. The molecule has 72 valence electrons. The molecule has 1 aliphatic carbocycles. The molecule has 0 saturated heterocycles. The van der Waals surface area contributed by atoms with Crippen molar-refractivity contribution in [2.45, 2.75) is 45.4 Å². The van der Waals surface area contributed by atoms with Crippen molar-refractivity contribution in [3.8, 4) is 0 Å². The summed E-state index contributed by atoms with van der Waals surface area (Å²) < 4.78 is 5.15. The molecule has 2 heteroatoms. The van der Waals surface area contributed by atoms with Gasteiger partial charge in [-0.25, -0.2) is 0 Å². The molecule has 1 aliphatic rings. The molecule has 1 fully saturated rings. The predicted molar refractivity (Wildman–Crippen MR) is 51.5 cm³/mol. The SMILES string of the molecule is Cc1cc(CCCC2CCC2)on1. The minimum atomic E-state index is 0.999. The van der Waals surface area contributed by atoms with Crippen molar-refractivity contribution in [3.05, 3.63) is 17.5 Å². The summed E-state index contributed by atoms with van der Waals surface area (Å²) in [5.74, 6) is 2.07. The van der Waals surface area contributed by atoms with Gasteiger partial charge in [0.2, 0.25) is 0 Å². The Labute approximate surface area is 79.3 Å². The van der Waals surface area contributed by atoms with E-state index < -0.39 is 0 Å². The molecular formula is C11H17NO. The number of aryl methyl sites for hydroxylation is 2. The van der Waals surface area contributed by atoms with Gasteiger partial charge in [-0.2, -0.15) is 0 Å². The lowest BCUT2D eigenvalue weighted by Crippen LogP contribution is -2.10. The molecular weight excluding hydrogens is 162 g/mol. The van der Waals surface area contributed by atoms with E-state index in [0.29, 0.717) is 0 Å². The first-order valence-corrected chi connectivity index (χ1v) is 5.27. The van der Waals surface area contributed by atoms with Gasteiger partial charge in [0.1, 0.15) is 5.76 Å². The molecule has 2 nitrogen and oxygen atoms in total. The van der Waals surface area contributed by atoms with E-state index >= 15 is 0 Å². The largest absolute Gasteiger partial charge is 0.361 e. The average Bonchev–Trinajstić information content (AvgIpc) is 2.42. The van der Waals surface area contributed by atoms with Crippen LogP contribution in [0.15, 0.2) is 10.6 Å². The highest BCUT2D eigenvalue weighted by Crippen LogP contribution is 2.30. The number of hydrogen-bond donors (Lipinski definition) is 0. The fraction of sp³-hybridized carbons (Fsp3) is 0.727. The van der Waals surface area contributed by atoms with E-state index in [9.17, 15) is 0 Å². The van der Waals surface area contributed by atoms with E-state index in [2.05, 4.69) is 5.16 Å². The van der Waals surface area contributed by atoms with Crippen molar-refractivity contribution in [2.24, 2.45) is 5.92 Å². The summed E-state index contributed by atoms with van der Waals surface area (Å²) in [6, 6.07) is 2.04. The van der Waals surface area contributed by atoms with Crippen molar-refractivity contribution in [3.63, 3.8) is 0 Å². The monoisotopic (exact) mass is 179 g/mol. The van der Waals surface area contributed by atoms with E-state index in [1.165, 1.54) is 32.1 Å². The van der Waals surface area contributed by atoms with Gasteiger partial charge >= 0.3 is 0 Å². The Bertz CT molecular complexity index is 263. The Morgan fingerprint density at radius 1 is 1.54 bits per heavy atom. The minimum absolute atomic E-state index is 0.999. The van der Waals surface area contributed by atoms with Crippen molar-refractivity contribution < 1.29 is 4.52 Å². The third-order valence-corrected chi connectivity index (χ3v) is 2.94. The molecule has 0 spiro atoms. The third kappa shape index (κ3) is 2.33. The van der Waals surface area contributed by atoms with Crippen molar-refractivity contribution in [2.75, 3.05) is 0 Å². The van der Waals surface area contributed by atoms with Gasteiger partial charge in [-0.3, -0.25) is 0 Å². The molecule has 2 rings (SSSR count). The Hall–Kier alpha value is -0.790. The highest BCUT2D eigenvalue weighted by Gasteiger charge is 2.16. The van der Waals surface area contributed by atoms with Crippen LogP contribution in [0, 0.1) is 12.8 Å². The molecule has 1 aromatic heterocycles. The topological polar surface area (TPSA) is 26.0 Å². The Morgan fingerprint density at radius 2 is 2.38 bits per heavy atom. The second kappa shape index (κ2) is 3.95. The molecule has 0 aliphatic heterocycles. The van der Waals surface area contributed by atoms with Crippen LogP contribution in [0.25, 0.3) is 0 Å². The highest BCUT2D eigenvalue weighted by molar-refractivity contribution is 5.02. The Kier molecular flexibility index (Phi) is 2.67. The van der Waals surface area contributed by atoms with E-state index in [0.717, 1.165) is 23.8 Å². The smallest absolute Gasteiger partial charge is 0.136 e. The second-order valence-electron chi connectivity index (χ2n) is 4.12. The number of aromatic nitrogens is 1. The van der Waals surface area contributed by atoms with Gasteiger partial charge in [-0.15, -0.1) is 0 Å². The number of nitrogens with zero attached hydrogens (tertiary/aromatic N) is 1. The Morgan fingerprint density at radius 3 is 2.92 bits per heavy atom. The maximum absolute atomic E-state index is 5.15. The lowest BCUT2D eigenvalue weighted by atomic mass is 9.82. The highest BCUT2D eigenvalue weighted by atomic mass is 16.5. The molecule has 0 amide bonds. The van der Waals surface area contributed by atoms with Crippen LogP contribution in [0.1, 0.15) is 43.6 Å². The molecule has 1 heterocycles. The van der Waals surface area contributed by atoms with Crippen LogP contribution in [0.4, 0.5) is 0 Å². The Balaban J connectivity index is 1.67. The number of rotatable bonds is 4. The molecule has 0 radical (unpaired) electrons. The standard InChI is InChI=1S/C11H17NO/c1-9-8-11(13-12-9)7-3-6-10-4-2-5-10/h8,10H,2-7H2,1H3. The summed E-state index contributed by atoms with van der Waals surface area (Å²) in [5, 5.41) is 3.87. The number of hydrogen-bond acceptors (Lipinski definition) is 2. The lowest BCUT2D eigenvalue weighted by Gasteiger charge is -2.24. The minimum Gasteiger partial charge on any atom is -0.361 e. The van der Waals surface area contributed by atoms with E-state index in [1.807, 2.05) is 13.0 Å². The second-order valence-corrected chi connectivity index (χ2v) is 4.12. The third-order valence-electron chi connectivity index (χ3n) is 2.94. The summed E-state index contributed by atoms with van der Waals surface area (Å²) in [7, 11) is 0. The van der Waals surface area contributed by atoms with Gasteiger partial charge in [0.25, 0.3) is 0 Å². The van der Waals surface area contributed by atoms with Gasteiger partial charge < -0.3 is 4.52 Å². The van der Waals surface area contributed by atoms with Crippen LogP contribution in [0.2, 0.25) is 0 Å². The molecule has 0 aromatic carbocycles. The summed E-state index contributed by atoms with van der Waals surface area (Å²) >= 11 is 0. The molecule has 1 aromatic rings.